The number of hydrogen-bond donors (Lipinski definition) is 3. The van der Waals surface area contributed by atoms with Gasteiger partial charge in [0.05, 0.1) is 12.1 Å². The van der Waals surface area contributed by atoms with Crippen LogP contribution in [0.3, 0.4) is 0 Å². The van der Waals surface area contributed by atoms with Crippen molar-refractivity contribution in [1.29, 1.82) is 0 Å². The number of rotatable bonds is 3. The van der Waals surface area contributed by atoms with Crippen LogP contribution >= 0.6 is 0 Å². The summed E-state index contributed by atoms with van der Waals surface area (Å²) < 4.78 is 0. The maximum Gasteiger partial charge on any atom is 0.405 e. The van der Waals surface area contributed by atoms with Crippen molar-refractivity contribution < 1.29 is 15.0 Å². The molecular weight excluding hydrogens is 146 g/mol. The minimum Gasteiger partial charge on any atom is -0.465 e. The van der Waals surface area contributed by atoms with Crippen LogP contribution in [0.2, 0.25) is 0 Å². The van der Waals surface area contributed by atoms with E-state index in [1.54, 1.807) is 6.08 Å². The molecular formula is C7H11NO3. The van der Waals surface area contributed by atoms with Gasteiger partial charge in [0.25, 0.3) is 0 Å². The summed E-state index contributed by atoms with van der Waals surface area (Å²) in [7, 11) is 0. The van der Waals surface area contributed by atoms with Gasteiger partial charge in [0.15, 0.2) is 0 Å². The van der Waals surface area contributed by atoms with Crippen LogP contribution in [0.15, 0.2) is 12.7 Å². The van der Waals surface area contributed by atoms with E-state index in [1.807, 2.05) is 0 Å². The molecule has 11 heavy (non-hydrogen) atoms. The molecule has 0 aromatic heterocycles. The van der Waals surface area contributed by atoms with Gasteiger partial charge >= 0.3 is 6.09 Å². The number of nitrogens with one attached hydrogen (secondary N) is 1. The SMILES string of the molecule is C=C[C@@H]1C[C@@]1(CO)NC(=O)O. The van der Waals surface area contributed by atoms with Crippen LogP contribution < -0.4 is 5.32 Å². The van der Waals surface area contributed by atoms with Gasteiger partial charge in [-0.1, -0.05) is 6.08 Å². The lowest BCUT2D eigenvalue weighted by Crippen LogP contribution is -2.40. The summed E-state index contributed by atoms with van der Waals surface area (Å²) in [5, 5.41) is 19.5. The zero-order chi connectivity index (χ0) is 8.48. The predicted molar refractivity (Wildman–Crippen MR) is 39.3 cm³/mol. The third-order valence-corrected chi connectivity index (χ3v) is 2.06. The molecule has 62 valence electrons. The largest absolute Gasteiger partial charge is 0.465 e. The van der Waals surface area contributed by atoms with E-state index in [0.29, 0.717) is 6.42 Å². The van der Waals surface area contributed by atoms with Crippen molar-refractivity contribution in [3.63, 3.8) is 0 Å². The molecule has 1 amide bonds. The van der Waals surface area contributed by atoms with Crippen molar-refractivity contribution in [2.24, 2.45) is 5.92 Å². The van der Waals surface area contributed by atoms with Crippen molar-refractivity contribution >= 4 is 6.09 Å². The summed E-state index contributed by atoms with van der Waals surface area (Å²) >= 11 is 0. The standard InChI is InChI=1S/C7H11NO3/c1-2-5-3-7(5,4-9)8-6(10)11/h2,5,8-9H,1,3-4H2,(H,10,11)/t5-,7+/m1/s1. The van der Waals surface area contributed by atoms with Crippen LogP contribution in [0.25, 0.3) is 0 Å². The summed E-state index contributed by atoms with van der Waals surface area (Å²) in [5.74, 6) is 0.0867. The van der Waals surface area contributed by atoms with Crippen LogP contribution in [-0.4, -0.2) is 28.5 Å². The van der Waals surface area contributed by atoms with E-state index in [-0.39, 0.29) is 12.5 Å². The molecule has 0 spiro atoms. The summed E-state index contributed by atoms with van der Waals surface area (Å²) in [4.78, 5) is 10.2. The van der Waals surface area contributed by atoms with Gasteiger partial charge in [-0.3, -0.25) is 0 Å². The third kappa shape index (κ3) is 1.35. The van der Waals surface area contributed by atoms with Crippen LogP contribution in [0.5, 0.6) is 0 Å². The second-order valence-electron chi connectivity index (χ2n) is 2.79. The molecule has 0 saturated heterocycles. The second kappa shape index (κ2) is 2.54. The minimum absolute atomic E-state index is 0.0867. The molecule has 1 saturated carbocycles. The van der Waals surface area contributed by atoms with Crippen LogP contribution in [-0.2, 0) is 0 Å². The molecule has 0 unspecified atom stereocenters. The summed E-state index contributed by atoms with van der Waals surface area (Å²) in [6, 6.07) is 0. The maximum atomic E-state index is 10.2. The van der Waals surface area contributed by atoms with Gasteiger partial charge in [-0.05, 0) is 6.42 Å². The Morgan fingerprint density at radius 1 is 1.91 bits per heavy atom. The van der Waals surface area contributed by atoms with Gasteiger partial charge in [0.1, 0.15) is 0 Å². The number of carboxylic acid groups (broad SMARTS) is 1. The molecule has 3 N–H and O–H groups in total. The van der Waals surface area contributed by atoms with Gasteiger partial charge in [-0.15, -0.1) is 6.58 Å². The average Bonchev–Trinajstić information content (AvgIpc) is 2.62. The number of hydrogen-bond acceptors (Lipinski definition) is 2. The quantitative estimate of drug-likeness (QED) is 0.512. The molecule has 0 aromatic rings. The number of amides is 1. The van der Waals surface area contributed by atoms with Gasteiger partial charge in [-0.2, -0.15) is 0 Å². The van der Waals surface area contributed by atoms with Gasteiger partial charge < -0.3 is 15.5 Å². The fraction of sp³-hybridized carbons (Fsp3) is 0.571. The Morgan fingerprint density at radius 2 is 2.55 bits per heavy atom. The van der Waals surface area contributed by atoms with Crippen molar-refractivity contribution in [1.82, 2.24) is 5.32 Å². The van der Waals surface area contributed by atoms with Gasteiger partial charge in [0.2, 0.25) is 0 Å². The zero-order valence-corrected chi connectivity index (χ0v) is 6.08. The fourth-order valence-electron chi connectivity index (χ4n) is 1.22. The molecule has 0 aromatic carbocycles. The first kappa shape index (κ1) is 8.07. The first-order chi connectivity index (χ1) is 5.14. The predicted octanol–water partition coefficient (Wildman–Crippen LogP) is 0.191. The highest BCUT2D eigenvalue weighted by molar-refractivity contribution is 5.66. The first-order valence-corrected chi connectivity index (χ1v) is 3.39. The monoisotopic (exact) mass is 157 g/mol. The molecule has 0 radical (unpaired) electrons. The molecule has 1 aliphatic carbocycles. The van der Waals surface area contributed by atoms with Gasteiger partial charge in [0, 0.05) is 5.92 Å². The Kier molecular flexibility index (Phi) is 1.87. The van der Waals surface area contributed by atoms with Crippen molar-refractivity contribution in [2.75, 3.05) is 6.61 Å². The maximum absolute atomic E-state index is 10.2. The van der Waals surface area contributed by atoms with Crippen LogP contribution in [0, 0.1) is 5.92 Å². The van der Waals surface area contributed by atoms with E-state index in [0.717, 1.165) is 0 Å². The number of aliphatic hydroxyl groups is 1. The number of carbonyl (C=O) groups is 1. The number of aliphatic hydroxyl groups excluding tert-OH is 1. The molecule has 1 fully saturated rings. The highest BCUT2D eigenvalue weighted by Gasteiger charge is 2.53. The van der Waals surface area contributed by atoms with E-state index in [4.69, 9.17) is 10.2 Å². The van der Waals surface area contributed by atoms with E-state index in [2.05, 4.69) is 11.9 Å². The lowest BCUT2D eigenvalue weighted by molar-refractivity contribution is 0.170. The van der Waals surface area contributed by atoms with Gasteiger partial charge in [-0.25, -0.2) is 4.79 Å². The summed E-state index contributed by atoms with van der Waals surface area (Å²) in [6.45, 7) is 3.37. The Hall–Kier alpha value is -1.03. The van der Waals surface area contributed by atoms with E-state index in [1.165, 1.54) is 0 Å². The van der Waals surface area contributed by atoms with Crippen LogP contribution in [0.1, 0.15) is 6.42 Å². The summed E-state index contributed by atoms with van der Waals surface area (Å²) in [6.07, 6.45) is 1.22. The fourth-order valence-corrected chi connectivity index (χ4v) is 1.22. The average molecular weight is 157 g/mol. The van der Waals surface area contributed by atoms with E-state index < -0.39 is 11.6 Å². The smallest absolute Gasteiger partial charge is 0.405 e. The third-order valence-electron chi connectivity index (χ3n) is 2.06. The van der Waals surface area contributed by atoms with Crippen molar-refractivity contribution in [2.45, 2.75) is 12.0 Å². The highest BCUT2D eigenvalue weighted by Crippen LogP contribution is 2.43. The lowest BCUT2D eigenvalue weighted by atomic mass is 10.2. The second-order valence-corrected chi connectivity index (χ2v) is 2.79. The Balaban J connectivity index is 2.52. The van der Waals surface area contributed by atoms with Crippen LogP contribution in [0.4, 0.5) is 4.79 Å². The van der Waals surface area contributed by atoms with Crippen molar-refractivity contribution in [3.8, 4) is 0 Å². The minimum atomic E-state index is -1.09. The first-order valence-electron chi connectivity index (χ1n) is 3.39. The topological polar surface area (TPSA) is 69.6 Å². The molecule has 0 bridgehead atoms. The molecule has 4 heteroatoms. The Morgan fingerprint density at radius 3 is 2.82 bits per heavy atom. The lowest BCUT2D eigenvalue weighted by Gasteiger charge is -2.11. The van der Waals surface area contributed by atoms with Crippen molar-refractivity contribution in [3.05, 3.63) is 12.7 Å². The molecule has 0 aliphatic heterocycles. The summed E-state index contributed by atoms with van der Waals surface area (Å²) in [5.41, 5.74) is -0.631. The normalized spacial score (nSPS) is 34.5. The molecule has 1 aliphatic rings. The molecule has 1 rings (SSSR count). The Bertz CT molecular complexity index is 192. The highest BCUT2D eigenvalue weighted by atomic mass is 16.4. The zero-order valence-electron chi connectivity index (χ0n) is 6.08. The van der Waals surface area contributed by atoms with E-state index in [9.17, 15) is 4.79 Å². The molecule has 0 heterocycles. The molecule has 4 nitrogen and oxygen atoms in total. The Labute approximate surface area is 64.5 Å². The van der Waals surface area contributed by atoms with E-state index >= 15 is 0 Å². The molecule has 2 atom stereocenters.